The molecule has 1 aromatic rings. The van der Waals surface area contributed by atoms with Crippen LogP contribution in [0, 0.1) is 5.41 Å². The van der Waals surface area contributed by atoms with Gasteiger partial charge < -0.3 is 15.4 Å². The monoisotopic (exact) mass is 326 g/mol. The molecule has 2 amide bonds. The second-order valence-electron chi connectivity index (χ2n) is 6.04. The van der Waals surface area contributed by atoms with Gasteiger partial charge in [-0.25, -0.2) is 0 Å². The molecule has 2 N–H and O–H groups in total. The molecule has 1 aromatic carbocycles. The van der Waals surface area contributed by atoms with E-state index in [1.807, 2.05) is 0 Å². The maximum atomic E-state index is 11.9. The Hall–Kier alpha value is -1.75. The minimum atomic E-state index is -0.581. The van der Waals surface area contributed by atoms with E-state index < -0.39 is 11.5 Å². The average molecular weight is 327 g/mol. The van der Waals surface area contributed by atoms with Crippen LogP contribution in [0.25, 0.3) is 0 Å². The minimum Gasteiger partial charge on any atom is -0.492 e. The second-order valence-corrected chi connectivity index (χ2v) is 6.47. The van der Waals surface area contributed by atoms with Gasteiger partial charge in [-0.3, -0.25) is 9.59 Å². The maximum absolute atomic E-state index is 11.9. The van der Waals surface area contributed by atoms with Crippen molar-refractivity contribution in [3.05, 3.63) is 29.3 Å². The molecule has 0 aliphatic heterocycles. The first-order chi connectivity index (χ1) is 10.2. The van der Waals surface area contributed by atoms with E-state index in [2.05, 4.69) is 10.6 Å². The highest BCUT2D eigenvalue weighted by Gasteiger charge is 2.24. The fourth-order valence-corrected chi connectivity index (χ4v) is 1.63. The van der Waals surface area contributed by atoms with Crippen molar-refractivity contribution in [2.24, 2.45) is 5.41 Å². The lowest BCUT2D eigenvalue weighted by Crippen LogP contribution is -2.48. The standard InChI is InChI=1S/C16H23ClN2O3/c1-11(19-15(21)16(2,3)4)14(20)18-9-10-22-13-7-5-12(17)6-8-13/h5-8,11H,9-10H2,1-4H3,(H,18,20)(H,19,21). The predicted molar refractivity (Wildman–Crippen MR) is 87.0 cm³/mol. The van der Waals surface area contributed by atoms with E-state index in [0.29, 0.717) is 23.9 Å². The van der Waals surface area contributed by atoms with Crippen molar-refractivity contribution < 1.29 is 14.3 Å². The van der Waals surface area contributed by atoms with Crippen LogP contribution in [0.1, 0.15) is 27.7 Å². The van der Waals surface area contributed by atoms with Crippen molar-refractivity contribution in [1.29, 1.82) is 0 Å². The molecule has 6 heteroatoms. The molecule has 122 valence electrons. The molecule has 0 aliphatic rings. The van der Waals surface area contributed by atoms with Gasteiger partial charge in [-0.15, -0.1) is 0 Å². The SMILES string of the molecule is CC(NC(=O)C(C)(C)C)C(=O)NCCOc1ccc(Cl)cc1. The molecule has 22 heavy (non-hydrogen) atoms. The summed E-state index contributed by atoms with van der Waals surface area (Å²) in [6.07, 6.45) is 0. The molecular weight excluding hydrogens is 304 g/mol. The number of carbonyl (C=O) groups excluding carboxylic acids is 2. The summed E-state index contributed by atoms with van der Waals surface area (Å²) in [6.45, 7) is 7.75. The third kappa shape index (κ3) is 6.35. The van der Waals surface area contributed by atoms with Crippen LogP contribution in [0.3, 0.4) is 0 Å². The Balaban J connectivity index is 2.28. The maximum Gasteiger partial charge on any atom is 0.242 e. The zero-order valence-corrected chi connectivity index (χ0v) is 14.2. The Morgan fingerprint density at radius 1 is 1.23 bits per heavy atom. The molecule has 0 saturated heterocycles. The molecule has 0 radical (unpaired) electrons. The molecule has 1 atom stereocenters. The summed E-state index contributed by atoms with van der Waals surface area (Å²) in [7, 11) is 0. The van der Waals surface area contributed by atoms with Crippen LogP contribution in [-0.2, 0) is 9.59 Å². The summed E-state index contributed by atoms with van der Waals surface area (Å²) in [4.78, 5) is 23.7. The number of hydrogen-bond acceptors (Lipinski definition) is 3. The van der Waals surface area contributed by atoms with Gasteiger partial charge in [0.1, 0.15) is 18.4 Å². The highest BCUT2D eigenvalue weighted by atomic mass is 35.5. The van der Waals surface area contributed by atoms with E-state index in [-0.39, 0.29) is 11.8 Å². The second kappa shape index (κ2) is 8.03. The van der Waals surface area contributed by atoms with Gasteiger partial charge in [0.05, 0.1) is 6.54 Å². The van der Waals surface area contributed by atoms with Gasteiger partial charge in [-0.2, -0.15) is 0 Å². The summed E-state index contributed by atoms with van der Waals surface area (Å²) >= 11 is 5.78. The molecule has 0 spiro atoms. The van der Waals surface area contributed by atoms with E-state index in [4.69, 9.17) is 16.3 Å². The highest BCUT2D eigenvalue weighted by molar-refractivity contribution is 6.30. The molecule has 1 unspecified atom stereocenters. The molecule has 0 aromatic heterocycles. The number of carbonyl (C=O) groups is 2. The third-order valence-corrected chi connectivity index (χ3v) is 3.16. The first-order valence-electron chi connectivity index (χ1n) is 7.17. The van der Waals surface area contributed by atoms with Crippen LogP contribution in [0.15, 0.2) is 24.3 Å². The Morgan fingerprint density at radius 2 is 1.82 bits per heavy atom. The molecule has 0 saturated carbocycles. The zero-order chi connectivity index (χ0) is 16.8. The topological polar surface area (TPSA) is 67.4 Å². The van der Waals surface area contributed by atoms with E-state index in [1.165, 1.54) is 0 Å². The van der Waals surface area contributed by atoms with E-state index in [0.717, 1.165) is 0 Å². The number of ether oxygens (including phenoxy) is 1. The van der Waals surface area contributed by atoms with Gasteiger partial charge in [0.25, 0.3) is 0 Å². The van der Waals surface area contributed by atoms with Crippen molar-refractivity contribution in [3.8, 4) is 5.75 Å². The van der Waals surface area contributed by atoms with Gasteiger partial charge in [0.15, 0.2) is 0 Å². The van der Waals surface area contributed by atoms with Gasteiger partial charge in [-0.1, -0.05) is 32.4 Å². The number of amides is 2. The molecule has 5 nitrogen and oxygen atoms in total. The number of hydrogen-bond donors (Lipinski definition) is 2. The minimum absolute atomic E-state index is 0.160. The molecular formula is C16H23ClN2O3. The van der Waals surface area contributed by atoms with Crippen LogP contribution in [0.5, 0.6) is 5.75 Å². The van der Waals surface area contributed by atoms with Gasteiger partial charge >= 0.3 is 0 Å². The molecule has 1 rings (SSSR count). The predicted octanol–water partition coefficient (Wildman–Crippen LogP) is 2.39. The van der Waals surface area contributed by atoms with Crippen LogP contribution in [0.2, 0.25) is 5.02 Å². The average Bonchev–Trinajstić information content (AvgIpc) is 2.44. The number of rotatable bonds is 6. The van der Waals surface area contributed by atoms with E-state index in [1.54, 1.807) is 52.0 Å². The van der Waals surface area contributed by atoms with Crippen LogP contribution in [0.4, 0.5) is 0 Å². The van der Waals surface area contributed by atoms with Crippen molar-refractivity contribution in [3.63, 3.8) is 0 Å². The van der Waals surface area contributed by atoms with E-state index in [9.17, 15) is 9.59 Å². The largest absolute Gasteiger partial charge is 0.492 e. The van der Waals surface area contributed by atoms with Crippen molar-refractivity contribution in [1.82, 2.24) is 10.6 Å². The van der Waals surface area contributed by atoms with E-state index >= 15 is 0 Å². The van der Waals surface area contributed by atoms with Crippen molar-refractivity contribution in [2.75, 3.05) is 13.2 Å². The Kier molecular flexibility index (Phi) is 6.68. The fourth-order valence-electron chi connectivity index (χ4n) is 1.51. The first kappa shape index (κ1) is 18.3. The van der Waals surface area contributed by atoms with Gasteiger partial charge in [0, 0.05) is 10.4 Å². The lowest BCUT2D eigenvalue weighted by molar-refractivity contribution is -0.133. The molecule has 0 aliphatic carbocycles. The Bertz CT molecular complexity index is 509. The summed E-state index contributed by atoms with van der Waals surface area (Å²) in [5.41, 5.74) is -0.522. The quantitative estimate of drug-likeness (QED) is 0.789. The molecule has 0 bridgehead atoms. The lowest BCUT2D eigenvalue weighted by atomic mass is 9.95. The summed E-state index contributed by atoms with van der Waals surface area (Å²) in [6, 6.07) is 6.41. The summed E-state index contributed by atoms with van der Waals surface area (Å²) in [5.74, 6) is 0.289. The first-order valence-corrected chi connectivity index (χ1v) is 7.55. The lowest BCUT2D eigenvalue weighted by Gasteiger charge is -2.21. The Labute approximate surface area is 136 Å². The smallest absolute Gasteiger partial charge is 0.242 e. The molecule has 0 heterocycles. The third-order valence-electron chi connectivity index (χ3n) is 2.91. The Morgan fingerprint density at radius 3 is 2.36 bits per heavy atom. The highest BCUT2D eigenvalue weighted by Crippen LogP contribution is 2.15. The van der Waals surface area contributed by atoms with Gasteiger partial charge in [0.2, 0.25) is 11.8 Å². The number of benzene rings is 1. The summed E-state index contributed by atoms with van der Waals surface area (Å²) in [5, 5.41) is 6.04. The van der Waals surface area contributed by atoms with Crippen LogP contribution < -0.4 is 15.4 Å². The zero-order valence-electron chi connectivity index (χ0n) is 13.4. The normalized spacial score (nSPS) is 12.4. The van der Waals surface area contributed by atoms with Gasteiger partial charge in [-0.05, 0) is 31.2 Å². The summed E-state index contributed by atoms with van der Waals surface area (Å²) < 4.78 is 5.47. The fraction of sp³-hybridized carbons (Fsp3) is 0.500. The van der Waals surface area contributed by atoms with Crippen molar-refractivity contribution in [2.45, 2.75) is 33.7 Å². The van der Waals surface area contributed by atoms with Crippen molar-refractivity contribution >= 4 is 23.4 Å². The van der Waals surface area contributed by atoms with Crippen LogP contribution in [-0.4, -0.2) is 31.0 Å². The number of halogens is 1. The molecule has 0 fully saturated rings. The number of nitrogens with one attached hydrogen (secondary N) is 2. The van der Waals surface area contributed by atoms with Crippen LogP contribution >= 0.6 is 11.6 Å².